The quantitative estimate of drug-likeness (QED) is 0.539. The highest BCUT2D eigenvalue weighted by Gasteiger charge is 2.40. The Bertz CT molecular complexity index is 1130. The van der Waals surface area contributed by atoms with Crippen molar-refractivity contribution in [1.29, 1.82) is 0 Å². The Morgan fingerprint density at radius 1 is 1.03 bits per heavy atom. The van der Waals surface area contributed by atoms with Crippen molar-refractivity contribution in [3.05, 3.63) is 53.5 Å². The number of hydrogen-bond acceptors (Lipinski definition) is 4. The van der Waals surface area contributed by atoms with Crippen molar-refractivity contribution in [3.8, 4) is 0 Å². The van der Waals surface area contributed by atoms with Crippen molar-refractivity contribution in [2.24, 2.45) is 5.92 Å². The number of halogens is 5. The third-order valence-corrected chi connectivity index (χ3v) is 6.23. The van der Waals surface area contributed by atoms with Crippen LogP contribution in [0.3, 0.4) is 0 Å². The van der Waals surface area contributed by atoms with Gasteiger partial charge in [-0.05, 0) is 43.9 Å². The van der Waals surface area contributed by atoms with E-state index >= 15 is 0 Å². The summed E-state index contributed by atoms with van der Waals surface area (Å²) >= 11 is 0. The topological polar surface area (TPSA) is 36.7 Å². The molecule has 1 aliphatic heterocycles. The predicted molar refractivity (Wildman–Crippen MR) is 110 cm³/mol. The number of anilines is 2. The lowest BCUT2D eigenvalue weighted by atomic mass is 10.1. The van der Waals surface area contributed by atoms with Crippen LogP contribution in [0.5, 0.6) is 0 Å². The second kappa shape index (κ2) is 7.60. The highest BCUT2D eigenvalue weighted by atomic mass is 19.4. The molecule has 5 rings (SSSR count). The lowest BCUT2D eigenvalue weighted by Crippen LogP contribution is -2.52. The standard InChI is InChI=1S/C22H22F5N5/c1-13-12-30(6-7-31(13)17-10-15(23)9-16(24)11-17)18-4-5-32-19(8-14-2-3-14)28-29-21(32)20(18)22(25,26)27/h4-5,9-11,13-14H,2-3,6-8,12H2,1H3. The highest BCUT2D eigenvalue weighted by molar-refractivity contribution is 5.67. The maximum atomic E-state index is 14.1. The Morgan fingerprint density at radius 3 is 2.38 bits per heavy atom. The first-order valence-electron chi connectivity index (χ1n) is 10.6. The summed E-state index contributed by atoms with van der Waals surface area (Å²) in [5, 5.41) is 7.93. The third kappa shape index (κ3) is 3.86. The van der Waals surface area contributed by atoms with Crippen molar-refractivity contribution in [2.45, 2.75) is 38.4 Å². The highest BCUT2D eigenvalue weighted by Crippen LogP contribution is 2.41. The van der Waals surface area contributed by atoms with Gasteiger partial charge in [-0.15, -0.1) is 10.2 Å². The largest absolute Gasteiger partial charge is 0.422 e. The molecule has 0 N–H and O–H groups in total. The molecule has 2 fully saturated rings. The van der Waals surface area contributed by atoms with Crippen LogP contribution in [0.4, 0.5) is 33.3 Å². The van der Waals surface area contributed by atoms with E-state index in [-0.39, 0.29) is 30.5 Å². The normalized spacial score (nSPS) is 19.8. The van der Waals surface area contributed by atoms with Crippen molar-refractivity contribution in [2.75, 3.05) is 29.4 Å². The number of aromatic nitrogens is 3. The van der Waals surface area contributed by atoms with E-state index in [9.17, 15) is 22.0 Å². The molecule has 1 aromatic carbocycles. The number of fused-ring (bicyclic) bond motifs is 1. The molecule has 3 aromatic rings. The Hall–Kier alpha value is -2.91. The van der Waals surface area contributed by atoms with Gasteiger partial charge in [0.15, 0.2) is 5.65 Å². The molecule has 0 radical (unpaired) electrons. The maximum Gasteiger partial charge on any atom is 0.422 e. The number of nitrogens with zero attached hydrogens (tertiary/aromatic N) is 5. The van der Waals surface area contributed by atoms with Crippen LogP contribution in [0.25, 0.3) is 5.65 Å². The fraction of sp³-hybridized carbons (Fsp3) is 0.455. The van der Waals surface area contributed by atoms with Crippen molar-refractivity contribution < 1.29 is 22.0 Å². The molecule has 5 nitrogen and oxygen atoms in total. The van der Waals surface area contributed by atoms with Gasteiger partial charge in [0.2, 0.25) is 0 Å². The van der Waals surface area contributed by atoms with Gasteiger partial charge in [0, 0.05) is 50.0 Å². The van der Waals surface area contributed by atoms with Crippen LogP contribution in [-0.4, -0.2) is 40.3 Å². The van der Waals surface area contributed by atoms with Gasteiger partial charge < -0.3 is 9.80 Å². The number of hydrogen-bond donors (Lipinski definition) is 0. The monoisotopic (exact) mass is 451 g/mol. The molecular formula is C22H22F5N5. The van der Waals surface area contributed by atoms with Crippen LogP contribution in [0, 0.1) is 17.6 Å². The maximum absolute atomic E-state index is 14.1. The van der Waals surface area contributed by atoms with E-state index in [0.29, 0.717) is 30.4 Å². The Morgan fingerprint density at radius 2 is 1.75 bits per heavy atom. The minimum absolute atomic E-state index is 0.0484. The molecule has 2 aromatic heterocycles. The molecule has 0 amide bonds. The van der Waals surface area contributed by atoms with Gasteiger partial charge in [-0.1, -0.05) is 0 Å². The van der Waals surface area contributed by atoms with Crippen LogP contribution in [-0.2, 0) is 12.6 Å². The number of piperazine rings is 1. The van der Waals surface area contributed by atoms with E-state index in [1.54, 1.807) is 16.0 Å². The van der Waals surface area contributed by atoms with E-state index in [0.717, 1.165) is 18.9 Å². The molecule has 0 bridgehead atoms. The first kappa shape index (κ1) is 21.0. The molecule has 1 saturated carbocycles. The second-order valence-corrected chi connectivity index (χ2v) is 8.65. The minimum atomic E-state index is -4.60. The van der Waals surface area contributed by atoms with Crippen LogP contribution >= 0.6 is 0 Å². The van der Waals surface area contributed by atoms with E-state index in [1.807, 2.05) is 6.92 Å². The molecule has 1 unspecified atom stereocenters. The van der Waals surface area contributed by atoms with Crippen LogP contribution in [0.2, 0.25) is 0 Å². The zero-order chi connectivity index (χ0) is 22.6. The van der Waals surface area contributed by atoms with Crippen LogP contribution in [0.1, 0.15) is 31.2 Å². The van der Waals surface area contributed by atoms with E-state index in [2.05, 4.69) is 10.2 Å². The Labute approximate surface area is 181 Å². The number of rotatable bonds is 4. The summed E-state index contributed by atoms with van der Waals surface area (Å²) in [6.45, 7) is 2.68. The summed E-state index contributed by atoms with van der Waals surface area (Å²) in [5.74, 6) is -0.356. The average molecular weight is 451 g/mol. The molecular weight excluding hydrogens is 429 g/mol. The van der Waals surface area contributed by atoms with Crippen molar-refractivity contribution >= 4 is 17.0 Å². The second-order valence-electron chi connectivity index (χ2n) is 8.65. The Balaban J connectivity index is 1.47. The fourth-order valence-corrected chi connectivity index (χ4v) is 4.51. The van der Waals surface area contributed by atoms with Gasteiger partial charge in [0.25, 0.3) is 0 Å². The summed E-state index contributed by atoms with van der Waals surface area (Å²) in [7, 11) is 0. The summed E-state index contributed by atoms with van der Waals surface area (Å²) < 4.78 is 71.2. The van der Waals surface area contributed by atoms with Gasteiger partial charge in [-0.2, -0.15) is 13.2 Å². The number of alkyl halides is 3. The van der Waals surface area contributed by atoms with Crippen molar-refractivity contribution in [1.82, 2.24) is 14.6 Å². The molecule has 170 valence electrons. The summed E-state index contributed by atoms with van der Waals surface area (Å²) in [4.78, 5) is 3.47. The first-order valence-corrected chi connectivity index (χ1v) is 10.6. The zero-order valence-electron chi connectivity index (χ0n) is 17.4. The Kier molecular flexibility index (Phi) is 4.98. The van der Waals surface area contributed by atoms with Gasteiger partial charge in [0.1, 0.15) is 23.0 Å². The van der Waals surface area contributed by atoms with Gasteiger partial charge >= 0.3 is 6.18 Å². The summed E-state index contributed by atoms with van der Waals surface area (Å²) in [5.41, 5.74) is -0.560. The molecule has 2 aliphatic rings. The molecule has 1 saturated heterocycles. The smallest absolute Gasteiger partial charge is 0.367 e. The molecule has 3 heterocycles. The van der Waals surface area contributed by atoms with Gasteiger partial charge in [-0.3, -0.25) is 4.40 Å². The summed E-state index contributed by atoms with van der Waals surface area (Å²) in [6.07, 6.45) is -0.241. The van der Waals surface area contributed by atoms with E-state index in [1.165, 1.54) is 22.6 Å². The molecule has 1 atom stereocenters. The minimum Gasteiger partial charge on any atom is -0.367 e. The zero-order valence-corrected chi connectivity index (χ0v) is 17.4. The predicted octanol–water partition coefficient (Wildman–Crippen LogP) is 4.69. The average Bonchev–Trinajstić information content (AvgIpc) is 3.44. The third-order valence-electron chi connectivity index (χ3n) is 6.23. The van der Waals surface area contributed by atoms with Gasteiger partial charge in [-0.25, -0.2) is 8.78 Å². The van der Waals surface area contributed by atoms with E-state index in [4.69, 9.17) is 0 Å². The lowest BCUT2D eigenvalue weighted by molar-refractivity contribution is -0.136. The molecule has 32 heavy (non-hydrogen) atoms. The number of benzene rings is 1. The molecule has 10 heteroatoms. The van der Waals surface area contributed by atoms with E-state index < -0.39 is 23.4 Å². The van der Waals surface area contributed by atoms with Crippen LogP contribution < -0.4 is 9.80 Å². The fourth-order valence-electron chi connectivity index (χ4n) is 4.51. The molecule has 0 spiro atoms. The molecule has 1 aliphatic carbocycles. The van der Waals surface area contributed by atoms with Crippen LogP contribution in [0.15, 0.2) is 30.5 Å². The van der Waals surface area contributed by atoms with Gasteiger partial charge in [0.05, 0.1) is 5.69 Å². The first-order chi connectivity index (χ1) is 15.2. The summed E-state index contributed by atoms with van der Waals surface area (Å²) in [6, 6.07) is 4.48. The van der Waals surface area contributed by atoms with Crippen molar-refractivity contribution in [3.63, 3.8) is 0 Å². The SMILES string of the molecule is CC1CN(c2ccn3c(CC4CC4)nnc3c2C(F)(F)F)CCN1c1cc(F)cc(F)c1. The lowest BCUT2D eigenvalue weighted by Gasteiger charge is -2.43. The number of pyridine rings is 1.